The van der Waals surface area contributed by atoms with Crippen LogP contribution in [0.3, 0.4) is 0 Å². The molecule has 3 aliphatic rings. The summed E-state index contributed by atoms with van der Waals surface area (Å²) in [6.45, 7) is 2.32. The van der Waals surface area contributed by atoms with E-state index < -0.39 is 6.04 Å². The third-order valence-corrected chi connectivity index (χ3v) is 7.59. The number of thiophene rings is 1. The molecule has 1 aliphatic carbocycles. The first kappa shape index (κ1) is 18.0. The Bertz CT molecular complexity index is 688. The monoisotopic (exact) mass is 372 g/mol. The highest BCUT2D eigenvalue weighted by Gasteiger charge is 2.43. The van der Waals surface area contributed by atoms with Crippen molar-refractivity contribution in [2.75, 3.05) is 20.1 Å². The first-order chi connectivity index (χ1) is 12.6. The Hall–Kier alpha value is -1.42. The zero-order valence-corrected chi connectivity index (χ0v) is 16.2. The second-order valence-electron chi connectivity index (χ2n) is 8.19. The third-order valence-electron chi connectivity index (χ3n) is 6.32. The van der Waals surface area contributed by atoms with Gasteiger partial charge < -0.3 is 15.5 Å². The topological polar surface area (TPSA) is 68.2 Å². The summed E-state index contributed by atoms with van der Waals surface area (Å²) >= 11 is 1.82. The maximum absolute atomic E-state index is 12.6. The van der Waals surface area contributed by atoms with Crippen LogP contribution in [0.1, 0.15) is 47.8 Å². The highest BCUT2D eigenvalue weighted by Crippen LogP contribution is 2.35. The molecule has 0 spiro atoms. The molecule has 2 N–H and O–H groups in total. The normalized spacial score (nSPS) is 30.2. The molecular weight excluding hydrogens is 344 g/mol. The lowest BCUT2D eigenvalue weighted by molar-refractivity contribution is -0.124. The summed E-state index contributed by atoms with van der Waals surface area (Å²) in [7, 11) is 2.18. The van der Waals surface area contributed by atoms with Crippen molar-refractivity contribution in [2.24, 2.45) is 5.92 Å². The van der Waals surface area contributed by atoms with Crippen LogP contribution in [0.2, 0.25) is 0 Å². The van der Waals surface area contributed by atoms with Gasteiger partial charge in [-0.05, 0) is 76.2 Å². The molecule has 0 unspecified atom stereocenters. The summed E-state index contributed by atoms with van der Waals surface area (Å²) in [5.74, 6) is 1.12. The Balaban J connectivity index is 1.32. The lowest BCUT2D eigenvalue weighted by Crippen LogP contribution is -2.50. The molecule has 1 saturated carbocycles. The number of likely N-dealkylation sites (tertiary alicyclic amines) is 1. The van der Waals surface area contributed by atoms with E-state index in [0.717, 1.165) is 25.9 Å². The Kier molecular flexibility index (Phi) is 5.30. The van der Waals surface area contributed by atoms with E-state index in [9.17, 15) is 10.1 Å². The van der Waals surface area contributed by atoms with Gasteiger partial charge in [0.1, 0.15) is 6.04 Å². The van der Waals surface area contributed by atoms with E-state index in [4.69, 9.17) is 0 Å². The van der Waals surface area contributed by atoms with E-state index in [1.54, 1.807) is 0 Å². The minimum Gasteiger partial charge on any atom is -0.339 e. The average molecular weight is 373 g/mol. The highest BCUT2D eigenvalue weighted by molar-refractivity contribution is 7.12. The quantitative estimate of drug-likeness (QED) is 0.832. The number of hydrogen-bond donors (Lipinski definition) is 2. The number of fused-ring (bicyclic) bond motifs is 2. The molecule has 6 heteroatoms. The zero-order chi connectivity index (χ0) is 18.1. The molecule has 1 aromatic rings. The fraction of sp³-hybridized carbons (Fsp3) is 0.700. The molecule has 0 aromatic carbocycles. The molecule has 2 aliphatic heterocycles. The second kappa shape index (κ2) is 7.67. The maximum Gasteiger partial charge on any atom is 0.238 e. The highest BCUT2D eigenvalue weighted by atomic mass is 32.1. The van der Waals surface area contributed by atoms with Gasteiger partial charge in [0, 0.05) is 22.2 Å². The van der Waals surface area contributed by atoms with Gasteiger partial charge in [0.15, 0.2) is 0 Å². The van der Waals surface area contributed by atoms with Crippen molar-refractivity contribution in [1.82, 2.24) is 15.5 Å². The molecule has 2 saturated heterocycles. The van der Waals surface area contributed by atoms with Crippen molar-refractivity contribution >= 4 is 17.2 Å². The number of hydrogen-bond acceptors (Lipinski definition) is 5. The standard InChI is InChI=1S/C20H28N4OS/c1-24-8-6-13(7-9-24)18-5-4-17(26-18)11-16(12-21)23-20(25)19-14-2-3-15(10-14)22-19/h4-5,13-16,19,22H,2-3,6-11H2,1H3,(H,23,25)/t14-,15-,16-,19-/m0/s1. The molecule has 3 heterocycles. The zero-order valence-electron chi connectivity index (χ0n) is 15.4. The van der Waals surface area contributed by atoms with Crippen molar-refractivity contribution in [1.29, 1.82) is 5.26 Å². The fourth-order valence-corrected chi connectivity index (χ4v) is 5.99. The summed E-state index contributed by atoms with van der Waals surface area (Å²) in [5.41, 5.74) is 0. The van der Waals surface area contributed by atoms with Crippen LogP contribution >= 0.6 is 11.3 Å². The van der Waals surface area contributed by atoms with Crippen molar-refractivity contribution < 1.29 is 4.79 Å². The van der Waals surface area contributed by atoms with E-state index in [1.807, 2.05) is 11.3 Å². The minimum absolute atomic E-state index is 0.0100. The molecule has 140 valence electrons. The van der Waals surface area contributed by atoms with Gasteiger partial charge >= 0.3 is 0 Å². The number of carbonyl (C=O) groups is 1. The van der Waals surface area contributed by atoms with Gasteiger partial charge in [-0.2, -0.15) is 5.26 Å². The van der Waals surface area contributed by atoms with Crippen LogP contribution in [-0.4, -0.2) is 49.1 Å². The lowest BCUT2D eigenvalue weighted by Gasteiger charge is -2.28. The number of carbonyl (C=O) groups excluding carboxylic acids is 1. The molecule has 5 nitrogen and oxygen atoms in total. The molecule has 1 aromatic heterocycles. The number of rotatable bonds is 5. The molecule has 26 heavy (non-hydrogen) atoms. The Morgan fingerprint density at radius 3 is 2.85 bits per heavy atom. The van der Waals surface area contributed by atoms with E-state index in [1.165, 1.54) is 29.0 Å². The first-order valence-electron chi connectivity index (χ1n) is 9.85. The van der Waals surface area contributed by atoms with Gasteiger partial charge in [-0.3, -0.25) is 4.79 Å². The average Bonchev–Trinajstić information content (AvgIpc) is 3.38. The maximum atomic E-state index is 12.6. The van der Waals surface area contributed by atoms with Crippen LogP contribution in [0.15, 0.2) is 12.1 Å². The van der Waals surface area contributed by atoms with Gasteiger partial charge in [-0.15, -0.1) is 11.3 Å². The van der Waals surface area contributed by atoms with Crippen LogP contribution in [-0.2, 0) is 11.2 Å². The Morgan fingerprint density at radius 1 is 1.38 bits per heavy atom. The second-order valence-corrected chi connectivity index (χ2v) is 9.39. The van der Waals surface area contributed by atoms with Crippen LogP contribution in [0.4, 0.5) is 0 Å². The number of nitrogens with one attached hydrogen (secondary N) is 2. The number of nitrogens with zero attached hydrogens (tertiary/aromatic N) is 2. The summed E-state index contributed by atoms with van der Waals surface area (Å²) in [5, 5.41) is 15.9. The fourth-order valence-electron chi connectivity index (χ4n) is 4.76. The van der Waals surface area contributed by atoms with Crippen LogP contribution in [0.25, 0.3) is 0 Å². The van der Waals surface area contributed by atoms with Crippen LogP contribution in [0, 0.1) is 17.2 Å². The van der Waals surface area contributed by atoms with Crippen LogP contribution in [0.5, 0.6) is 0 Å². The molecule has 4 atom stereocenters. The summed E-state index contributed by atoms with van der Waals surface area (Å²) in [4.78, 5) is 17.6. The van der Waals surface area contributed by atoms with E-state index >= 15 is 0 Å². The number of amides is 1. The predicted molar refractivity (Wildman–Crippen MR) is 103 cm³/mol. The van der Waals surface area contributed by atoms with Gasteiger partial charge in [0.2, 0.25) is 5.91 Å². The number of piperidine rings is 2. The molecule has 4 rings (SSSR count). The minimum atomic E-state index is -0.438. The lowest BCUT2D eigenvalue weighted by atomic mass is 9.96. The Labute approximate surface area is 159 Å². The molecule has 3 fully saturated rings. The number of nitriles is 1. The SMILES string of the molecule is CN1CCC(c2ccc(C[C@@H](C#N)NC(=O)[C@H]3N[C@H]4CC[C@H]3C4)s2)CC1. The van der Waals surface area contributed by atoms with Gasteiger partial charge in [-0.25, -0.2) is 0 Å². The summed E-state index contributed by atoms with van der Waals surface area (Å²) < 4.78 is 0. The molecule has 2 bridgehead atoms. The molecular formula is C20H28N4OS. The van der Waals surface area contributed by atoms with Gasteiger partial charge in [-0.1, -0.05) is 0 Å². The van der Waals surface area contributed by atoms with Gasteiger partial charge in [0.05, 0.1) is 12.1 Å². The molecule has 1 amide bonds. The summed E-state index contributed by atoms with van der Waals surface area (Å²) in [6.07, 6.45) is 6.47. The summed E-state index contributed by atoms with van der Waals surface area (Å²) in [6, 6.07) is 6.63. The van der Waals surface area contributed by atoms with Crippen molar-refractivity contribution in [3.63, 3.8) is 0 Å². The largest absolute Gasteiger partial charge is 0.339 e. The van der Waals surface area contributed by atoms with Gasteiger partial charge in [0.25, 0.3) is 0 Å². The van der Waals surface area contributed by atoms with E-state index in [2.05, 4.69) is 40.8 Å². The first-order valence-corrected chi connectivity index (χ1v) is 10.7. The van der Waals surface area contributed by atoms with Crippen molar-refractivity contribution in [3.8, 4) is 6.07 Å². The third kappa shape index (κ3) is 3.80. The Morgan fingerprint density at radius 2 is 2.19 bits per heavy atom. The van der Waals surface area contributed by atoms with E-state index in [-0.39, 0.29) is 11.9 Å². The smallest absolute Gasteiger partial charge is 0.238 e. The van der Waals surface area contributed by atoms with Crippen LogP contribution < -0.4 is 10.6 Å². The predicted octanol–water partition coefficient (Wildman–Crippen LogP) is 2.25. The van der Waals surface area contributed by atoms with E-state index in [0.29, 0.717) is 24.3 Å². The van der Waals surface area contributed by atoms with Crippen molar-refractivity contribution in [3.05, 3.63) is 21.9 Å². The van der Waals surface area contributed by atoms with Crippen molar-refractivity contribution in [2.45, 2.75) is 62.6 Å². The molecule has 0 radical (unpaired) electrons.